The Kier molecular flexibility index (Phi) is 9.96. The van der Waals surface area contributed by atoms with Gasteiger partial charge < -0.3 is 15.4 Å². The molecular weight excluding hydrogens is 515 g/mol. The largest absolute Gasteiger partial charge is 0.487 e. The summed E-state index contributed by atoms with van der Waals surface area (Å²) in [5.74, 6) is 1.61. The highest BCUT2D eigenvalue weighted by molar-refractivity contribution is 14.0. The molecule has 0 aliphatic heterocycles. The first-order valence-corrected chi connectivity index (χ1v) is 10.5. The molecule has 0 fully saturated rings. The number of nitrogens with one attached hydrogen (secondary N) is 2. The van der Waals surface area contributed by atoms with E-state index in [1.165, 1.54) is 11.3 Å². The summed E-state index contributed by atoms with van der Waals surface area (Å²) >= 11 is 0. The zero-order valence-electron chi connectivity index (χ0n) is 19.4. The number of rotatable bonds is 8. The van der Waals surface area contributed by atoms with Gasteiger partial charge in [0.15, 0.2) is 5.96 Å². The van der Waals surface area contributed by atoms with E-state index >= 15 is 0 Å². The molecule has 3 rings (SSSR count). The fraction of sp³-hybridized carbons (Fsp3) is 0.375. The van der Waals surface area contributed by atoms with Crippen molar-refractivity contribution in [2.24, 2.45) is 12.0 Å². The van der Waals surface area contributed by atoms with Crippen LogP contribution in [0.5, 0.6) is 5.75 Å². The molecular formula is C24H33IN6O. The number of nitrogens with zero attached hydrogens (tertiary/aromatic N) is 4. The number of hydrogen-bond donors (Lipinski definition) is 2. The van der Waals surface area contributed by atoms with Gasteiger partial charge in [-0.15, -0.1) is 24.0 Å². The Morgan fingerprint density at radius 2 is 1.91 bits per heavy atom. The van der Waals surface area contributed by atoms with E-state index in [9.17, 15) is 0 Å². The van der Waals surface area contributed by atoms with Crippen molar-refractivity contribution >= 4 is 29.9 Å². The SMILES string of the molecule is CN=C(NCc1ccc(OCc2ccccn2)cc1)NC(C)Cc1c(C)nn(C)c1C.I. The molecule has 1 unspecified atom stereocenters. The lowest BCUT2D eigenvalue weighted by atomic mass is 10.1. The van der Waals surface area contributed by atoms with Crippen LogP contribution in [-0.2, 0) is 26.6 Å². The van der Waals surface area contributed by atoms with E-state index in [1.54, 1.807) is 13.2 Å². The van der Waals surface area contributed by atoms with Crippen molar-refractivity contribution in [3.8, 4) is 5.75 Å². The van der Waals surface area contributed by atoms with Gasteiger partial charge in [-0.05, 0) is 62.6 Å². The second-order valence-electron chi connectivity index (χ2n) is 7.70. The van der Waals surface area contributed by atoms with Crippen molar-refractivity contribution in [1.82, 2.24) is 25.4 Å². The molecule has 0 saturated heterocycles. The minimum Gasteiger partial charge on any atom is -0.487 e. The van der Waals surface area contributed by atoms with Crippen molar-refractivity contribution in [2.45, 2.75) is 46.4 Å². The third-order valence-electron chi connectivity index (χ3n) is 5.27. The maximum atomic E-state index is 5.80. The van der Waals surface area contributed by atoms with E-state index in [0.717, 1.165) is 35.1 Å². The smallest absolute Gasteiger partial charge is 0.191 e. The van der Waals surface area contributed by atoms with Gasteiger partial charge in [0.05, 0.1) is 11.4 Å². The topological polar surface area (TPSA) is 76.4 Å². The zero-order chi connectivity index (χ0) is 22.2. The predicted molar refractivity (Wildman–Crippen MR) is 140 cm³/mol. The molecule has 7 nitrogen and oxygen atoms in total. The summed E-state index contributed by atoms with van der Waals surface area (Å²) in [6, 6.07) is 14.1. The van der Waals surface area contributed by atoms with Crippen LogP contribution in [0.1, 0.15) is 35.1 Å². The molecule has 32 heavy (non-hydrogen) atoms. The third-order valence-corrected chi connectivity index (χ3v) is 5.27. The number of ether oxygens (including phenoxy) is 1. The van der Waals surface area contributed by atoms with Gasteiger partial charge in [-0.2, -0.15) is 5.10 Å². The average molecular weight is 548 g/mol. The fourth-order valence-corrected chi connectivity index (χ4v) is 3.43. The Labute approximate surface area is 207 Å². The zero-order valence-corrected chi connectivity index (χ0v) is 21.8. The standard InChI is InChI=1S/C24H32N6O.HI/c1-17(14-23-18(2)29-30(5)19(23)3)28-24(25-4)27-15-20-9-11-22(12-10-20)31-16-21-8-6-7-13-26-21;/h6-13,17H,14-16H2,1-5H3,(H2,25,27,28);1H. The Morgan fingerprint density at radius 1 is 1.16 bits per heavy atom. The summed E-state index contributed by atoms with van der Waals surface area (Å²) < 4.78 is 7.74. The number of hydrogen-bond acceptors (Lipinski definition) is 4. The predicted octanol–water partition coefficient (Wildman–Crippen LogP) is 3.93. The molecule has 0 radical (unpaired) electrons. The number of aromatic nitrogens is 3. The van der Waals surface area contributed by atoms with Gasteiger partial charge >= 0.3 is 0 Å². The minimum absolute atomic E-state index is 0. The monoisotopic (exact) mass is 548 g/mol. The maximum absolute atomic E-state index is 5.80. The molecule has 0 amide bonds. The highest BCUT2D eigenvalue weighted by Crippen LogP contribution is 2.15. The lowest BCUT2D eigenvalue weighted by molar-refractivity contribution is 0.301. The van der Waals surface area contributed by atoms with Crippen LogP contribution in [0, 0.1) is 13.8 Å². The second-order valence-corrected chi connectivity index (χ2v) is 7.70. The number of halogens is 1. The van der Waals surface area contributed by atoms with Gasteiger partial charge in [0.1, 0.15) is 12.4 Å². The van der Waals surface area contributed by atoms with E-state index in [-0.39, 0.29) is 30.0 Å². The van der Waals surface area contributed by atoms with Crippen LogP contribution >= 0.6 is 24.0 Å². The summed E-state index contributed by atoms with van der Waals surface area (Å²) in [6.07, 6.45) is 2.67. The molecule has 0 aliphatic rings. The van der Waals surface area contributed by atoms with Crippen LogP contribution in [0.15, 0.2) is 53.7 Å². The van der Waals surface area contributed by atoms with Gasteiger partial charge in [-0.3, -0.25) is 14.7 Å². The highest BCUT2D eigenvalue weighted by atomic mass is 127. The van der Waals surface area contributed by atoms with E-state index in [2.05, 4.69) is 58.6 Å². The van der Waals surface area contributed by atoms with Crippen LogP contribution in [0.3, 0.4) is 0 Å². The summed E-state index contributed by atoms with van der Waals surface area (Å²) in [4.78, 5) is 8.63. The number of benzene rings is 1. The Balaban J connectivity index is 0.00000363. The second kappa shape index (κ2) is 12.4. The van der Waals surface area contributed by atoms with Crippen LogP contribution in [0.4, 0.5) is 0 Å². The molecule has 0 saturated carbocycles. The van der Waals surface area contributed by atoms with Crippen molar-refractivity contribution in [2.75, 3.05) is 7.05 Å². The molecule has 2 heterocycles. The van der Waals surface area contributed by atoms with Crippen LogP contribution in [0.2, 0.25) is 0 Å². The molecule has 8 heteroatoms. The summed E-state index contributed by atoms with van der Waals surface area (Å²) in [5.41, 5.74) is 5.65. The fourth-order valence-electron chi connectivity index (χ4n) is 3.43. The molecule has 1 atom stereocenters. The Hall–Kier alpha value is -2.62. The van der Waals surface area contributed by atoms with Gasteiger partial charge in [0.25, 0.3) is 0 Å². The molecule has 2 aromatic heterocycles. The molecule has 2 N–H and O–H groups in total. The summed E-state index contributed by atoms with van der Waals surface area (Å²) in [6.45, 7) is 7.47. The number of aryl methyl sites for hydroxylation is 2. The molecule has 1 aromatic carbocycles. The van der Waals surface area contributed by atoms with Crippen molar-refractivity contribution in [1.29, 1.82) is 0 Å². The lowest BCUT2D eigenvalue weighted by Crippen LogP contribution is -2.42. The number of guanidine groups is 1. The van der Waals surface area contributed by atoms with Crippen LogP contribution < -0.4 is 15.4 Å². The highest BCUT2D eigenvalue weighted by Gasteiger charge is 2.14. The van der Waals surface area contributed by atoms with E-state index in [0.29, 0.717) is 13.2 Å². The number of pyridine rings is 1. The van der Waals surface area contributed by atoms with Crippen LogP contribution in [-0.4, -0.2) is 33.8 Å². The molecule has 0 aliphatic carbocycles. The van der Waals surface area contributed by atoms with Gasteiger partial charge in [-0.1, -0.05) is 18.2 Å². The molecule has 0 bridgehead atoms. The van der Waals surface area contributed by atoms with Gasteiger partial charge in [0, 0.05) is 38.6 Å². The van der Waals surface area contributed by atoms with Crippen molar-refractivity contribution in [3.05, 3.63) is 76.9 Å². The Bertz CT molecular complexity index is 1000. The van der Waals surface area contributed by atoms with Crippen LogP contribution in [0.25, 0.3) is 0 Å². The molecule has 3 aromatic rings. The van der Waals surface area contributed by atoms with Gasteiger partial charge in [-0.25, -0.2) is 0 Å². The normalized spacial score (nSPS) is 12.1. The maximum Gasteiger partial charge on any atom is 0.191 e. The summed E-state index contributed by atoms with van der Waals surface area (Å²) in [5, 5.41) is 11.4. The molecule has 0 spiro atoms. The first-order valence-electron chi connectivity index (χ1n) is 10.5. The minimum atomic E-state index is 0. The van der Waals surface area contributed by atoms with E-state index < -0.39 is 0 Å². The first-order chi connectivity index (χ1) is 15.0. The average Bonchev–Trinajstić information content (AvgIpc) is 3.02. The van der Waals surface area contributed by atoms with Crippen molar-refractivity contribution < 1.29 is 4.74 Å². The quantitative estimate of drug-likeness (QED) is 0.254. The van der Waals surface area contributed by atoms with Gasteiger partial charge in [0.2, 0.25) is 0 Å². The van der Waals surface area contributed by atoms with E-state index in [1.807, 2.05) is 42.1 Å². The Morgan fingerprint density at radius 3 is 2.50 bits per heavy atom. The third kappa shape index (κ3) is 7.22. The lowest BCUT2D eigenvalue weighted by Gasteiger charge is -2.18. The first kappa shape index (κ1) is 25.6. The summed E-state index contributed by atoms with van der Waals surface area (Å²) in [7, 11) is 3.77. The van der Waals surface area contributed by atoms with E-state index in [4.69, 9.17) is 4.74 Å². The number of aliphatic imine (C=N–C) groups is 1. The van der Waals surface area contributed by atoms with Crippen molar-refractivity contribution in [3.63, 3.8) is 0 Å². The molecule has 172 valence electrons.